The summed E-state index contributed by atoms with van der Waals surface area (Å²) in [6, 6.07) is 5.61. The van der Waals surface area contributed by atoms with Crippen LogP contribution in [0.15, 0.2) is 52.0 Å². The van der Waals surface area contributed by atoms with Crippen LogP contribution in [0.1, 0.15) is 15.6 Å². The number of aliphatic hydroxyl groups excluding tert-OH is 1. The minimum absolute atomic E-state index is 0.0142. The highest BCUT2D eigenvalue weighted by Gasteiger charge is 2.23. The van der Waals surface area contributed by atoms with Crippen molar-refractivity contribution in [3.63, 3.8) is 0 Å². The second kappa shape index (κ2) is 6.75. The van der Waals surface area contributed by atoms with Crippen LogP contribution in [-0.4, -0.2) is 39.5 Å². The molecule has 0 radical (unpaired) electrons. The molecule has 0 spiro atoms. The number of aliphatic hydroxyl groups is 1. The van der Waals surface area contributed by atoms with E-state index >= 15 is 0 Å². The van der Waals surface area contributed by atoms with Gasteiger partial charge in [0.25, 0.3) is 0 Å². The molecule has 2 heterocycles. The molecular formula is C14H9ClN4O4S2. The first-order chi connectivity index (χ1) is 11.9. The second-order valence-electron chi connectivity index (χ2n) is 4.66. The van der Waals surface area contributed by atoms with Gasteiger partial charge in [0.05, 0.1) is 4.90 Å². The molecular weight excluding hydrogens is 388 g/mol. The third-order valence-corrected chi connectivity index (χ3v) is 5.92. The van der Waals surface area contributed by atoms with Crippen LogP contribution in [0.5, 0.6) is 0 Å². The quantitative estimate of drug-likeness (QED) is 0.385. The van der Waals surface area contributed by atoms with Crippen LogP contribution in [0.3, 0.4) is 0 Å². The first kappa shape index (κ1) is 17.3. The molecule has 3 rings (SSSR count). The van der Waals surface area contributed by atoms with Gasteiger partial charge in [-0.3, -0.25) is 9.89 Å². The topological polar surface area (TPSA) is 126 Å². The normalized spacial score (nSPS) is 12.3. The van der Waals surface area contributed by atoms with Crippen LogP contribution < -0.4 is 0 Å². The molecule has 0 bridgehead atoms. The number of carbonyl (C=O) groups is 1. The zero-order valence-electron chi connectivity index (χ0n) is 12.2. The lowest BCUT2D eigenvalue weighted by molar-refractivity contribution is 0.104. The predicted molar refractivity (Wildman–Crippen MR) is 90.3 cm³/mol. The number of aromatic nitrogens is 4. The molecule has 8 nitrogen and oxygen atoms in total. The van der Waals surface area contributed by atoms with E-state index in [0.717, 1.165) is 17.4 Å². The van der Waals surface area contributed by atoms with E-state index in [4.69, 9.17) is 11.6 Å². The summed E-state index contributed by atoms with van der Waals surface area (Å²) in [4.78, 5) is 19.7. The fourth-order valence-electron chi connectivity index (χ4n) is 1.81. The van der Waals surface area contributed by atoms with Crippen LogP contribution in [0.25, 0.3) is 5.76 Å². The number of thiazole rings is 1. The number of rotatable bonds is 5. The van der Waals surface area contributed by atoms with E-state index in [1.165, 1.54) is 36.0 Å². The molecule has 0 atom stereocenters. The highest BCUT2D eigenvalue weighted by Crippen LogP contribution is 2.24. The van der Waals surface area contributed by atoms with Crippen molar-refractivity contribution in [2.24, 2.45) is 0 Å². The number of sulfone groups is 1. The average molecular weight is 397 g/mol. The fourth-order valence-corrected chi connectivity index (χ4v) is 4.19. The molecule has 3 aromatic rings. The van der Waals surface area contributed by atoms with Crippen molar-refractivity contribution in [3.05, 3.63) is 57.9 Å². The summed E-state index contributed by atoms with van der Waals surface area (Å²) < 4.78 is 25.0. The summed E-state index contributed by atoms with van der Waals surface area (Å²) in [6.45, 7) is 0. The number of hydrogen-bond acceptors (Lipinski definition) is 8. The van der Waals surface area contributed by atoms with Crippen LogP contribution in [0.4, 0.5) is 0 Å². The van der Waals surface area contributed by atoms with Crippen LogP contribution in [-0.2, 0) is 9.84 Å². The number of allylic oxidation sites excluding steroid dienone is 1. The molecule has 0 aliphatic rings. The summed E-state index contributed by atoms with van der Waals surface area (Å²) in [5.41, 5.74) is 0. The monoisotopic (exact) mass is 396 g/mol. The molecule has 0 fully saturated rings. The number of aromatic amines is 1. The van der Waals surface area contributed by atoms with Crippen molar-refractivity contribution in [2.75, 3.05) is 0 Å². The van der Waals surface area contributed by atoms with E-state index < -0.39 is 21.4 Å². The summed E-state index contributed by atoms with van der Waals surface area (Å²) in [5.74, 6) is -1.17. The summed E-state index contributed by atoms with van der Waals surface area (Å²) >= 11 is 6.60. The van der Waals surface area contributed by atoms with Crippen molar-refractivity contribution >= 4 is 44.3 Å². The lowest BCUT2D eigenvalue weighted by Gasteiger charge is -2.00. The SMILES string of the molecule is O=C(C=C(O)c1nc[nH]n1)c1nc(S(=O)(=O)c2ccc(Cl)cc2)cs1. The van der Waals surface area contributed by atoms with Gasteiger partial charge in [-0.25, -0.2) is 18.4 Å². The van der Waals surface area contributed by atoms with Crippen molar-refractivity contribution < 1.29 is 18.3 Å². The molecule has 0 amide bonds. The average Bonchev–Trinajstić information content (AvgIpc) is 3.27. The molecule has 0 aliphatic carbocycles. The Morgan fingerprint density at radius 1 is 1.28 bits per heavy atom. The number of halogens is 1. The van der Waals surface area contributed by atoms with Gasteiger partial charge >= 0.3 is 0 Å². The number of ketones is 1. The van der Waals surface area contributed by atoms with Crippen molar-refractivity contribution in [1.29, 1.82) is 0 Å². The Bertz CT molecular complexity index is 1040. The molecule has 1 aromatic carbocycles. The van der Waals surface area contributed by atoms with E-state index in [1.807, 2.05) is 0 Å². The minimum atomic E-state index is -3.86. The Morgan fingerprint density at radius 3 is 2.64 bits per heavy atom. The van der Waals surface area contributed by atoms with E-state index in [9.17, 15) is 18.3 Å². The largest absolute Gasteiger partial charge is 0.504 e. The molecule has 0 aliphatic heterocycles. The van der Waals surface area contributed by atoms with Gasteiger partial charge in [0.15, 0.2) is 15.8 Å². The molecule has 0 saturated heterocycles. The Morgan fingerprint density at radius 2 is 2.00 bits per heavy atom. The van der Waals surface area contributed by atoms with E-state index in [-0.39, 0.29) is 20.8 Å². The van der Waals surface area contributed by atoms with E-state index in [2.05, 4.69) is 20.2 Å². The van der Waals surface area contributed by atoms with Gasteiger partial charge in [0.1, 0.15) is 6.33 Å². The first-order valence-electron chi connectivity index (χ1n) is 6.65. The van der Waals surface area contributed by atoms with Crippen molar-refractivity contribution in [1.82, 2.24) is 20.2 Å². The molecule has 25 heavy (non-hydrogen) atoms. The van der Waals surface area contributed by atoms with Gasteiger partial charge in [0.2, 0.25) is 21.4 Å². The second-order valence-corrected chi connectivity index (χ2v) is 7.86. The fraction of sp³-hybridized carbons (Fsp3) is 0. The van der Waals surface area contributed by atoms with Crippen molar-refractivity contribution in [2.45, 2.75) is 9.92 Å². The summed E-state index contributed by atoms with van der Waals surface area (Å²) in [7, 11) is -3.86. The van der Waals surface area contributed by atoms with Crippen LogP contribution >= 0.6 is 22.9 Å². The van der Waals surface area contributed by atoms with Crippen LogP contribution in [0, 0.1) is 0 Å². The van der Waals surface area contributed by atoms with Gasteiger partial charge in [-0.05, 0) is 24.3 Å². The lowest BCUT2D eigenvalue weighted by atomic mass is 10.3. The first-order valence-corrected chi connectivity index (χ1v) is 9.39. The number of H-pyrrole nitrogens is 1. The third kappa shape index (κ3) is 3.60. The molecule has 0 unspecified atom stereocenters. The van der Waals surface area contributed by atoms with Gasteiger partial charge in [0, 0.05) is 16.5 Å². The highest BCUT2D eigenvalue weighted by atomic mass is 35.5. The number of nitrogens with one attached hydrogen (secondary N) is 1. The van der Waals surface area contributed by atoms with Crippen LogP contribution in [0.2, 0.25) is 5.02 Å². The Labute approximate surface area is 150 Å². The standard InChI is InChI=1S/C14H9ClN4O4S2/c15-8-1-3-9(4-2-8)25(22,23)12-6-24-14(18-12)11(21)5-10(20)13-16-7-17-19-13/h1-7,20H,(H,16,17,19). The summed E-state index contributed by atoms with van der Waals surface area (Å²) in [6.07, 6.45) is 2.12. The highest BCUT2D eigenvalue weighted by molar-refractivity contribution is 7.91. The molecule has 2 aromatic heterocycles. The lowest BCUT2D eigenvalue weighted by Crippen LogP contribution is -2.04. The smallest absolute Gasteiger partial charge is 0.224 e. The Hall–Kier alpha value is -2.56. The maximum absolute atomic E-state index is 12.5. The van der Waals surface area contributed by atoms with Gasteiger partial charge in [-0.15, -0.1) is 11.3 Å². The predicted octanol–water partition coefficient (Wildman–Crippen LogP) is 2.53. The van der Waals surface area contributed by atoms with Gasteiger partial charge in [-0.2, -0.15) is 5.10 Å². The van der Waals surface area contributed by atoms with Crippen molar-refractivity contribution in [3.8, 4) is 0 Å². The molecule has 2 N–H and O–H groups in total. The number of carbonyl (C=O) groups excluding carboxylic acids is 1. The van der Waals surface area contributed by atoms with E-state index in [1.54, 1.807) is 0 Å². The zero-order valence-corrected chi connectivity index (χ0v) is 14.6. The van der Waals surface area contributed by atoms with Gasteiger partial charge in [-0.1, -0.05) is 11.6 Å². The maximum Gasteiger partial charge on any atom is 0.224 e. The molecule has 11 heteroatoms. The maximum atomic E-state index is 12.5. The minimum Gasteiger partial charge on any atom is -0.504 e. The van der Waals surface area contributed by atoms with E-state index in [0.29, 0.717) is 5.02 Å². The number of hydrogen-bond donors (Lipinski definition) is 2. The Balaban J connectivity index is 1.88. The third-order valence-electron chi connectivity index (χ3n) is 3.01. The number of benzene rings is 1. The van der Waals surface area contributed by atoms with Gasteiger partial charge < -0.3 is 5.11 Å². The number of nitrogens with zero attached hydrogens (tertiary/aromatic N) is 3. The molecule has 0 saturated carbocycles. The zero-order chi connectivity index (χ0) is 18.0. The molecule has 128 valence electrons. The summed E-state index contributed by atoms with van der Waals surface area (Å²) in [5, 5.41) is 17.1. The Kier molecular flexibility index (Phi) is 4.66.